The van der Waals surface area contributed by atoms with Gasteiger partial charge in [0.05, 0.1) is 5.56 Å². The monoisotopic (exact) mass is 403 g/mol. The maximum absolute atomic E-state index is 13.1. The lowest BCUT2D eigenvalue weighted by atomic mass is 9.97. The zero-order chi connectivity index (χ0) is 20.4. The minimum atomic E-state index is -0.973. The van der Waals surface area contributed by atoms with Gasteiger partial charge in [-0.25, -0.2) is 4.79 Å². The van der Waals surface area contributed by atoms with Crippen LogP contribution in [0.1, 0.15) is 17.3 Å². The molecular formula is C24H18ClNO3. The van der Waals surface area contributed by atoms with Gasteiger partial charge >= 0.3 is 5.97 Å². The summed E-state index contributed by atoms with van der Waals surface area (Å²) in [5.74, 6) is -0.961. The minimum absolute atomic E-state index is 0.426. The van der Waals surface area contributed by atoms with Gasteiger partial charge in [0.1, 0.15) is 0 Å². The van der Waals surface area contributed by atoms with E-state index in [0.29, 0.717) is 16.3 Å². The van der Waals surface area contributed by atoms with Crippen molar-refractivity contribution in [3.63, 3.8) is 0 Å². The number of hydrogen-bond donors (Lipinski definition) is 1. The number of ether oxygens (including phenoxy) is 1. The summed E-state index contributed by atoms with van der Waals surface area (Å²) >= 11 is 5.95. The molecule has 4 aromatic rings. The standard InChI is InChI=1S/C24H18ClNO3/c1-15(23(27)26-19-10-6-9-18(25)14-19)29-24(28)22-20-11-4-2-7-16(20)13-17-8-3-5-12-21(17)22/h2-15H,1H3,(H,26,27)/t15-/m1/s1. The summed E-state index contributed by atoms with van der Waals surface area (Å²) in [6.07, 6.45) is -0.973. The van der Waals surface area contributed by atoms with Crippen LogP contribution in [0.3, 0.4) is 0 Å². The third-order valence-electron chi connectivity index (χ3n) is 4.72. The molecule has 0 saturated carbocycles. The van der Waals surface area contributed by atoms with E-state index in [-0.39, 0.29) is 0 Å². The molecule has 4 nitrogen and oxygen atoms in total. The molecule has 0 saturated heterocycles. The molecule has 0 bridgehead atoms. The van der Waals surface area contributed by atoms with Gasteiger partial charge in [0, 0.05) is 10.7 Å². The minimum Gasteiger partial charge on any atom is -0.449 e. The van der Waals surface area contributed by atoms with Gasteiger partial charge in [-0.05, 0) is 52.7 Å². The van der Waals surface area contributed by atoms with E-state index in [4.69, 9.17) is 16.3 Å². The summed E-state index contributed by atoms with van der Waals surface area (Å²) in [4.78, 5) is 25.6. The van der Waals surface area contributed by atoms with Gasteiger partial charge in [0.2, 0.25) is 0 Å². The number of carbonyl (C=O) groups excluding carboxylic acids is 2. The summed E-state index contributed by atoms with van der Waals surface area (Å²) in [7, 11) is 0. The number of hydrogen-bond acceptors (Lipinski definition) is 3. The molecule has 0 unspecified atom stereocenters. The third kappa shape index (κ3) is 3.93. The van der Waals surface area contributed by atoms with E-state index in [2.05, 4.69) is 5.32 Å². The number of amides is 1. The van der Waals surface area contributed by atoms with Crippen molar-refractivity contribution in [1.29, 1.82) is 0 Å². The van der Waals surface area contributed by atoms with E-state index in [1.54, 1.807) is 31.2 Å². The molecule has 0 aliphatic rings. The van der Waals surface area contributed by atoms with Crippen LogP contribution in [0, 0.1) is 0 Å². The first-order chi connectivity index (χ1) is 14.0. The SMILES string of the molecule is C[C@@H](OC(=O)c1c2ccccc2cc2ccccc12)C(=O)Nc1cccc(Cl)c1. The average molecular weight is 404 g/mol. The predicted octanol–water partition coefficient (Wildman–Crippen LogP) is 5.83. The van der Waals surface area contributed by atoms with Crippen molar-refractivity contribution in [2.45, 2.75) is 13.0 Å². The highest BCUT2D eigenvalue weighted by Crippen LogP contribution is 2.29. The molecule has 4 rings (SSSR count). The fourth-order valence-corrected chi connectivity index (χ4v) is 3.51. The second kappa shape index (κ2) is 7.94. The maximum Gasteiger partial charge on any atom is 0.340 e. The molecule has 4 aromatic carbocycles. The van der Waals surface area contributed by atoms with Gasteiger partial charge in [0.25, 0.3) is 5.91 Å². The number of anilines is 1. The normalized spacial score (nSPS) is 11.9. The molecule has 1 amide bonds. The number of benzene rings is 4. The van der Waals surface area contributed by atoms with Crippen molar-refractivity contribution < 1.29 is 14.3 Å². The molecule has 0 radical (unpaired) electrons. The van der Waals surface area contributed by atoms with E-state index >= 15 is 0 Å². The molecule has 0 fully saturated rings. The molecule has 1 atom stereocenters. The molecule has 0 heterocycles. The lowest BCUT2D eigenvalue weighted by Gasteiger charge is -2.16. The summed E-state index contributed by atoms with van der Waals surface area (Å²) in [5, 5.41) is 6.68. The highest BCUT2D eigenvalue weighted by molar-refractivity contribution is 6.30. The van der Waals surface area contributed by atoms with E-state index in [1.807, 2.05) is 54.6 Å². The summed E-state index contributed by atoms with van der Waals surface area (Å²) < 4.78 is 5.53. The highest BCUT2D eigenvalue weighted by Gasteiger charge is 2.22. The highest BCUT2D eigenvalue weighted by atomic mass is 35.5. The number of fused-ring (bicyclic) bond motifs is 2. The number of nitrogens with one attached hydrogen (secondary N) is 1. The number of halogens is 1. The van der Waals surface area contributed by atoms with Gasteiger partial charge < -0.3 is 10.1 Å². The Morgan fingerprint density at radius 1 is 0.862 bits per heavy atom. The van der Waals surface area contributed by atoms with Crippen LogP contribution < -0.4 is 5.32 Å². The van der Waals surface area contributed by atoms with Crippen LogP contribution in [0.15, 0.2) is 78.9 Å². The van der Waals surface area contributed by atoms with Gasteiger partial charge in [0.15, 0.2) is 6.10 Å². The van der Waals surface area contributed by atoms with Crippen molar-refractivity contribution in [1.82, 2.24) is 0 Å². The third-order valence-corrected chi connectivity index (χ3v) is 4.96. The summed E-state index contributed by atoms with van der Waals surface area (Å²) in [6, 6.07) is 24.1. The molecule has 0 spiro atoms. The number of rotatable bonds is 4. The van der Waals surface area contributed by atoms with Gasteiger partial charge in [-0.15, -0.1) is 0 Å². The average Bonchev–Trinajstić information content (AvgIpc) is 2.71. The Kier molecular flexibility index (Phi) is 5.19. The zero-order valence-corrected chi connectivity index (χ0v) is 16.4. The van der Waals surface area contributed by atoms with E-state index in [1.165, 1.54) is 0 Å². The molecule has 5 heteroatoms. The van der Waals surface area contributed by atoms with E-state index < -0.39 is 18.0 Å². The van der Waals surface area contributed by atoms with Crippen molar-refractivity contribution in [3.8, 4) is 0 Å². The number of esters is 1. The molecular weight excluding hydrogens is 386 g/mol. The van der Waals surface area contributed by atoms with Crippen LogP contribution in [0.5, 0.6) is 0 Å². The van der Waals surface area contributed by atoms with Crippen LogP contribution in [-0.4, -0.2) is 18.0 Å². The lowest BCUT2D eigenvalue weighted by Crippen LogP contribution is -2.30. The largest absolute Gasteiger partial charge is 0.449 e. The van der Waals surface area contributed by atoms with E-state index in [9.17, 15) is 9.59 Å². The van der Waals surface area contributed by atoms with Crippen molar-refractivity contribution >= 4 is 50.7 Å². The van der Waals surface area contributed by atoms with Crippen LogP contribution in [0.4, 0.5) is 5.69 Å². The first-order valence-electron chi connectivity index (χ1n) is 9.21. The van der Waals surface area contributed by atoms with Crippen LogP contribution in [0.2, 0.25) is 5.02 Å². The Morgan fingerprint density at radius 3 is 2.10 bits per heavy atom. The van der Waals surface area contributed by atoms with Crippen molar-refractivity contribution in [2.24, 2.45) is 0 Å². The van der Waals surface area contributed by atoms with E-state index in [0.717, 1.165) is 21.5 Å². The molecule has 1 N–H and O–H groups in total. The van der Waals surface area contributed by atoms with Crippen molar-refractivity contribution in [3.05, 3.63) is 89.4 Å². The Bertz CT molecular complexity index is 1180. The quantitative estimate of drug-likeness (QED) is 0.344. The predicted molar refractivity (Wildman–Crippen MR) is 116 cm³/mol. The molecule has 0 aliphatic heterocycles. The molecule has 144 valence electrons. The van der Waals surface area contributed by atoms with Crippen LogP contribution in [-0.2, 0) is 9.53 Å². The first kappa shape index (κ1) is 19.0. The number of carbonyl (C=O) groups is 2. The molecule has 0 aliphatic carbocycles. The second-order valence-electron chi connectivity index (χ2n) is 6.74. The Balaban J connectivity index is 1.63. The van der Waals surface area contributed by atoms with Gasteiger partial charge in [-0.3, -0.25) is 4.79 Å². The Hall–Kier alpha value is -3.37. The van der Waals surface area contributed by atoms with Gasteiger partial charge in [-0.2, -0.15) is 0 Å². The summed E-state index contributed by atoms with van der Waals surface area (Å²) in [6.45, 7) is 1.55. The fraction of sp³-hybridized carbons (Fsp3) is 0.0833. The summed E-state index contributed by atoms with van der Waals surface area (Å²) in [5.41, 5.74) is 1.00. The Morgan fingerprint density at radius 2 is 1.48 bits per heavy atom. The molecule has 29 heavy (non-hydrogen) atoms. The second-order valence-corrected chi connectivity index (χ2v) is 7.18. The maximum atomic E-state index is 13.1. The van der Waals surface area contributed by atoms with Gasteiger partial charge in [-0.1, -0.05) is 66.2 Å². The first-order valence-corrected chi connectivity index (χ1v) is 9.58. The lowest BCUT2D eigenvalue weighted by molar-refractivity contribution is -0.123. The fourth-order valence-electron chi connectivity index (χ4n) is 3.32. The van der Waals surface area contributed by atoms with Crippen LogP contribution in [0.25, 0.3) is 21.5 Å². The topological polar surface area (TPSA) is 55.4 Å². The zero-order valence-electron chi connectivity index (χ0n) is 15.7. The van der Waals surface area contributed by atoms with Crippen LogP contribution >= 0.6 is 11.6 Å². The smallest absolute Gasteiger partial charge is 0.340 e. The molecule has 0 aromatic heterocycles. The Labute approximate surface area is 173 Å². The van der Waals surface area contributed by atoms with Crippen molar-refractivity contribution in [2.75, 3.05) is 5.32 Å².